The fourth-order valence-electron chi connectivity index (χ4n) is 1.79. The first kappa shape index (κ1) is 12.3. The van der Waals surface area contributed by atoms with Gasteiger partial charge < -0.3 is 9.73 Å². The Morgan fingerprint density at radius 1 is 1.41 bits per heavy atom. The van der Waals surface area contributed by atoms with E-state index in [2.05, 4.69) is 21.2 Å². The third kappa shape index (κ3) is 2.76. The molecule has 0 saturated heterocycles. The number of furan rings is 1. The van der Waals surface area contributed by atoms with Crippen molar-refractivity contribution in [3.05, 3.63) is 58.2 Å². The zero-order valence-electron chi connectivity index (χ0n) is 9.41. The van der Waals surface area contributed by atoms with Crippen molar-refractivity contribution in [1.29, 1.82) is 0 Å². The highest BCUT2D eigenvalue weighted by Crippen LogP contribution is 2.29. The third-order valence-corrected chi connectivity index (χ3v) is 3.28. The molecule has 1 aromatic heterocycles. The van der Waals surface area contributed by atoms with E-state index in [1.165, 1.54) is 12.1 Å². The number of hydrogen-bond acceptors (Lipinski definition) is 2. The van der Waals surface area contributed by atoms with Crippen LogP contribution in [0.1, 0.15) is 24.1 Å². The van der Waals surface area contributed by atoms with Crippen LogP contribution in [-0.2, 0) is 0 Å². The summed E-state index contributed by atoms with van der Waals surface area (Å²) < 4.78 is 19.3. The Morgan fingerprint density at radius 2 is 2.24 bits per heavy atom. The highest BCUT2D eigenvalue weighted by molar-refractivity contribution is 9.10. The summed E-state index contributed by atoms with van der Waals surface area (Å²) in [6, 6.07) is 6.50. The maximum absolute atomic E-state index is 13.3. The molecule has 0 saturated carbocycles. The average Bonchev–Trinajstić information content (AvgIpc) is 2.83. The molecule has 0 bridgehead atoms. The molecule has 1 aromatic carbocycles. The molecule has 4 heteroatoms. The first-order chi connectivity index (χ1) is 8.22. The summed E-state index contributed by atoms with van der Waals surface area (Å²) >= 11 is 3.45. The van der Waals surface area contributed by atoms with Gasteiger partial charge in [0.2, 0.25) is 0 Å². The Balaban J connectivity index is 2.42. The van der Waals surface area contributed by atoms with Gasteiger partial charge in [-0.1, -0.05) is 22.9 Å². The molecule has 0 aliphatic rings. The van der Waals surface area contributed by atoms with E-state index in [0.29, 0.717) is 0 Å². The van der Waals surface area contributed by atoms with Crippen LogP contribution in [0.5, 0.6) is 0 Å². The summed E-state index contributed by atoms with van der Waals surface area (Å²) in [6.07, 6.45) is 3.29. The molecule has 2 rings (SSSR count). The summed E-state index contributed by atoms with van der Waals surface area (Å²) in [4.78, 5) is 0. The number of halogens is 2. The van der Waals surface area contributed by atoms with E-state index in [-0.39, 0.29) is 11.9 Å². The van der Waals surface area contributed by atoms with Crippen LogP contribution in [0.3, 0.4) is 0 Å². The molecule has 0 spiro atoms. The van der Waals surface area contributed by atoms with Gasteiger partial charge in [-0.25, -0.2) is 4.39 Å². The Bertz CT molecular complexity index is 484. The summed E-state index contributed by atoms with van der Waals surface area (Å²) in [5.41, 5.74) is 1.85. The lowest BCUT2D eigenvalue weighted by molar-refractivity contribution is 0.551. The maximum atomic E-state index is 13.3. The van der Waals surface area contributed by atoms with Gasteiger partial charge in [0.05, 0.1) is 18.6 Å². The number of nitrogens with one attached hydrogen (secondary N) is 1. The van der Waals surface area contributed by atoms with Crippen molar-refractivity contribution in [3.63, 3.8) is 0 Å². The second kappa shape index (κ2) is 5.47. The molecule has 1 unspecified atom stereocenters. The number of hydrogen-bond donors (Lipinski definition) is 1. The van der Waals surface area contributed by atoms with Crippen LogP contribution in [-0.4, -0.2) is 6.54 Å². The second-order valence-corrected chi connectivity index (χ2v) is 4.57. The average molecular weight is 298 g/mol. The fraction of sp³-hybridized carbons (Fsp3) is 0.231. The van der Waals surface area contributed by atoms with Gasteiger partial charge in [-0.3, -0.25) is 0 Å². The zero-order valence-corrected chi connectivity index (χ0v) is 11.0. The fourth-order valence-corrected chi connectivity index (χ4v) is 2.26. The Kier molecular flexibility index (Phi) is 3.97. The van der Waals surface area contributed by atoms with Crippen LogP contribution < -0.4 is 5.32 Å². The number of benzene rings is 1. The van der Waals surface area contributed by atoms with Gasteiger partial charge >= 0.3 is 0 Å². The van der Waals surface area contributed by atoms with E-state index in [9.17, 15) is 4.39 Å². The van der Waals surface area contributed by atoms with Crippen LogP contribution in [0, 0.1) is 5.82 Å². The second-order valence-electron chi connectivity index (χ2n) is 3.71. The first-order valence-corrected chi connectivity index (χ1v) is 6.22. The van der Waals surface area contributed by atoms with Gasteiger partial charge in [-0.2, -0.15) is 0 Å². The lowest BCUT2D eigenvalue weighted by Gasteiger charge is -2.18. The predicted octanol–water partition coefficient (Wildman–Crippen LogP) is 3.88. The van der Waals surface area contributed by atoms with Crippen LogP contribution in [0.2, 0.25) is 0 Å². The lowest BCUT2D eigenvalue weighted by Crippen LogP contribution is -2.22. The molecule has 1 heterocycles. The van der Waals surface area contributed by atoms with Gasteiger partial charge in [0, 0.05) is 10.0 Å². The SMILES string of the molecule is CCNC(c1ccoc1)c1cc(F)ccc1Br. The molecule has 17 heavy (non-hydrogen) atoms. The van der Waals surface area contributed by atoms with Gasteiger partial charge in [0.25, 0.3) is 0 Å². The summed E-state index contributed by atoms with van der Waals surface area (Å²) in [7, 11) is 0. The topological polar surface area (TPSA) is 25.2 Å². The zero-order chi connectivity index (χ0) is 12.3. The Hall–Kier alpha value is -1.13. The van der Waals surface area contributed by atoms with E-state index in [1.807, 2.05) is 13.0 Å². The summed E-state index contributed by atoms with van der Waals surface area (Å²) in [5, 5.41) is 3.31. The third-order valence-electron chi connectivity index (χ3n) is 2.55. The standard InChI is InChI=1S/C13H13BrFNO/c1-2-16-13(9-5-6-17-8-9)11-7-10(15)3-4-12(11)14/h3-8,13,16H,2H2,1H3. The van der Waals surface area contributed by atoms with Crippen LogP contribution >= 0.6 is 15.9 Å². The summed E-state index contributed by atoms with van der Waals surface area (Å²) in [6.45, 7) is 2.80. The smallest absolute Gasteiger partial charge is 0.123 e. The molecule has 0 amide bonds. The molecule has 90 valence electrons. The minimum absolute atomic E-state index is 0.0659. The molecule has 2 nitrogen and oxygen atoms in total. The van der Waals surface area contributed by atoms with Crippen LogP contribution in [0.4, 0.5) is 4.39 Å². The van der Waals surface area contributed by atoms with Crippen molar-refractivity contribution in [2.45, 2.75) is 13.0 Å². The molecule has 0 radical (unpaired) electrons. The number of rotatable bonds is 4. The van der Waals surface area contributed by atoms with Crippen LogP contribution in [0.15, 0.2) is 45.7 Å². The van der Waals surface area contributed by atoms with E-state index >= 15 is 0 Å². The van der Waals surface area contributed by atoms with Gasteiger partial charge in [-0.05, 0) is 36.4 Å². The van der Waals surface area contributed by atoms with E-state index in [0.717, 1.165) is 22.1 Å². The Morgan fingerprint density at radius 3 is 2.88 bits per heavy atom. The maximum Gasteiger partial charge on any atom is 0.123 e. The molecular weight excluding hydrogens is 285 g/mol. The normalized spacial score (nSPS) is 12.6. The van der Waals surface area contributed by atoms with Crippen molar-refractivity contribution in [1.82, 2.24) is 5.32 Å². The predicted molar refractivity (Wildman–Crippen MR) is 68.3 cm³/mol. The van der Waals surface area contributed by atoms with Gasteiger partial charge in [0.1, 0.15) is 5.82 Å². The van der Waals surface area contributed by atoms with Crippen molar-refractivity contribution in [2.75, 3.05) is 6.54 Å². The molecule has 1 N–H and O–H groups in total. The van der Waals surface area contributed by atoms with Gasteiger partial charge in [0.15, 0.2) is 0 Å². The monoisotopic (exact) mass is 297 g/mol. The van der Waals surface area contributed by atoms with Crippen LogP contribution in [0.25, 0.3) is 0 Å². The molecule has 2 aromatic rings. The molecule has 1 atom stereocenters. The van der Waals surface area contributed by atoms with Crippen molar-refractivity contribution < 1.29 is 8.81 Å². The van der Waals surface area contributed by atoms with Crippen molar-refractivity contribution >= 4 is 15.9 Å². The molecule has 0 aliphatic heterocycles. The molecule has 0 fully saturated rings. The van der Waals surface area contributed by atoms with E-state index in [4.69, 9.17) is 4.42 Å². The van der Waals surface area contributed by atoms with Gasteiger partial charge in [-0.15, -0.1) is 0 Å². The highest BCUT2D eigenvalue weighted by Gasteiger charge is 2.17. The lowest BCUT2D eigenvalue weighted by atomic mass is 10.0. The minimum atomic E-state index is -0.241. The first-order valence-electron chi connectivity index (χ1n) is 5.42. The highest BCUT2D eigenvalue weighted by atomic mass is 79.9. The van der Waals surface area contributed by atoms with Crippen molar-refractivity contribution in [2.24, 2.45) is 0 Å². The quantitative estimate of drug-likeness (QED) is 0.926. The Labute approximate surface area is 108 Å². The molecular formula is C13H13BrFNO. The van der Waals surface area contributed by atoms with Crippen molar-refractivity contribution in [3.8, 4) is 0 Å². The minimum Gasteiger partial charge on any atom is -0.472 e. The summed E-state index contributed by atoms with van der Waals surface area (Å²) in [5.74, 6) is -0.241. The largest absolute Gasteiger partial charge is 0.472 e. The molecule has 0 aliphatic carbocycles. The van der Waals surface area contributed by atoms with E-state index in [1.54, 1.807) is 18.6 Å². The van der Waals surface area contributed by atoms with E-state index < -0.39 is 0 Å².